The molecule has 0 atom stereocenters. The van der Waals surface area contributed by atoms with Crippen molar-refractivity contribution >= 4 is 21.4 Å². The third-order valence-corrected chi connectivity index (χ3v) is 4.51. The van der Waals surface area contributed by atoms with E-state index < -0.39 is 10.0 Å². The van der Waals surface area contributed by atoms with Gasteiger partial charge in [0.05, 0.1) is 11.4 Å². The second kappa shape index (κ2) is 3.91. The Bertz CT molecular complexity index is 552. The predicted octanol–water partition coefficient (Wildman–Crippen LogP) is 2.08. The first-order valence-electron chi connectivity index (χ1n) is 6.04. The van der Waals surface area contributed by atoms with Gasteiger partial charge in [-0.15, -0.1) is 0 Å². The van der Waals surface area contributed by atoms with Gasteiger partial charge >= 0.3 is 0 Å². The van der Waals surface area contributed by atoms with E-state index in [2.05, 4.69) is 16.1 Å². The topological polar surface area (TPSA) is 58.2 Å². The number of benzene rings is 1. The normalized spacial score (nSPS) is 21.4. The van der Waals surface area contributed by atoms with Crippen LogP contribution in [0.4, 0.5) is 11.4 Å². The Morgan fingerprint density at radius 3 is 2.29 bits per heavy atom. The van der Waals surface area contributed by atoms with E-state index in [0.717, 1.165) is 18.5 Å². The van der Waals surface area contributed by atoms with Crippen molar-refractivity contribution in [3.63, 3.8) is 0 Å². The lowest BCUT2D eigenvalue weighted by atomic mass is 10.0. The summed E-state index contributed by atoms with van der Waals surface area (Å²) >= 11 is 0. The first kappa shape index (κ1) is 10.9. The molecule has 0 saturated heterocycles. The summed E-state index contributed by atoms with van der Waals surface area (Å²) in [6, 6.07) is 4.11. The molecule has 1 aromatic carbocycles. The highest BCUT2D eigenvalue weighted by Crippen LogP contribution is 2.33. The number of nitrogens with one attached hydrogen (secondary N) is 2. The number of hydrogen-bond donors (Lipinski definition) is 2. The second-order valence-electron chi connectivity index (χ2n) is 4.77. The standard InChI is InChI=1S/C12H16N2O2S/c15-17(16)8-13-11-6-9-4-2-1-3-5-10(9)7-12(11)14-17/h6-7,13-14H,1-5,8H2. The molecule has 3 rings (SSSR count). The molecule has 1 heterocycles. The van der Waals surface area contributed by atoms with E-state index in [4.69, 9.17) is 0 Å². The van der Waals surface area contributed by atoms with Crippen LogP contribution in [0.5, 0.6) is 0 Å². The molecule has 0 unspecified atom stereocenters. The molecular formula is C12H16N2O2S. The third-order valence-electron chi connectivity index (χ3n) is 3.45. The molecule has 2 aliphatic rings. The number of hydrogen-bond acceptors (Lipinski definition) is 3. The van der Waals surface area contributed by atoms with E-state index in [0.29, 0.717) is 5.69 Å². The zero-order valence-corrected chi connectivity index (χ0v) is 10.4. The van der Waals surface area contributed by atoms with Gasteiger partial charge in [-0.1, -0.05) is 6.42 Å². The van der Waals surface area contributed by atoms with Crippen molar-refractivity contribution in [2.24, 2.45) is 0 Å². The molecule has 92 valence electrons. The maximum absolute atomic E-state index is 11.5. The molecule has 4 nitrogen and oxygen atoms in total. The lowest BCUT2D eigenvalue weighted by molar-refractivity contribution is 0.602. The van der Waals surface area contributed by atoms with Crippen LogP contribution in [0, 0.1) is 0 Å². The molecule has 2 N–H and O–H groups in total. The van der Waals surface area contributed by atoms with Gasteiger partial charge in [0.1, 0.15) is 5.88 Å². The molecule has 0 saturated carbocycles. The van der Waals surface area contributed by atoms with Gasteiger partial charge < -0.3 is 5.32 Å². The molecule has 5 heteroatoms. The van der Waals surface area contributed by atoms with Crippen molar-refractivity contribution in [2.45, 2.75) is 32.1 Å². The zero-order chi connectivity index (χ0) is 11.9. The number of aryl methyl sites for hydroxylation is 2. The summed E-state index contributed by atoms with van der Waals surface area (Å²) in [5.41, 5.74) is 4.29. The van der Waals surface area contributed by atoms with Crippen molar-refractivity contribution in [1.29, 1.82) is 0 Å². The molecule has 1 aromatic rings. The average Bonchev–Trinajstić information content (AvgIpc) is 2.49. The largest absolute Gasteiger partial charge is 0.368 e. The van der Waals surface area contributed by atoms with Gasteiger partial charge in [0.2, 0.25) is 0 Å². The van der Waals surface area contributed by atoms with Gasteiger partial charge in [-0.3, -0.25) is 4.72 Å². The number of rotatable bonds is 0. The summed E-state index contributed by atoms with van der Waals surface area (Å²) in [7, 11) is -3.19. The Morgan fingerprint density at radius 1 is 0.941 bits per heavy atom. The van der Waals surface area contributed by atoms with Crippen LogP contribution in [0.2, 0.25) is 0 Å². The van der Waals surface area contributed by atoms with Gasteiger partial charge in [0.15, 0.2) is 0 Å². The maximum Gasteiger partial charge on any atom is 0.250 e. The molecular weight excluding hydrogens is 236 g/mol. The number of anilines is 2. The van der Waals surface area contributed by atoms with Crippen LogP contribution in [-0.4, -0.2) is 14.3 Å². The minimum atomic E-state index is -3.19. The van der Waals surface area contributed by atoms with Gasteiger partial charge in [0, 0.05) is 0 Å². The lowest BCUT2D eigenvalue weighted by Crippen LogP contribution is -2.27. The van der Waals surface area contributed by atoms with Crippen LogP contribution in [0.15, 0.2) is 12.1 Å². The Hall–Kier alpha value is -1.23. The van der Waals surface area contributed by atoms with Crippen LogP contribution in [0.25, 0.3) is 0 Å². The van der Waals surface area contributed by atoms with Crippen LogP contribution in [0.3, 0.4) is 0 Å². The first-order valence-corrected chi connectivity index (χ1v) is 7.69. The van der Waals surface area contributed by atoms with E-state index in [1.807, 2.05) is 6.07 Å². The Labute approximate surface area is 101 Å². The fourth-order valence-corrected chi connectivity index (χ4v) is 3.49. The molecule has 1 aliphatic carbocycles. The summed E-state index contributed by atoms with van der Waals surface area (Å²) in [5.74, 6) is -0.0290. The fraction of sp³-hybridized carbons (Fsp3) is 0.500. The minimum absolute atomic E-state index is 0.0290. The maximum atomic E-state index is 11.5. The summed E-state index contributed by atoms with van der Waals surface area (Å²) < 4.78 is 25.6. The molecule has 0 amide bonds. The van der Waals surface area contributed by atoms with Gasteiger partial charge in [0.25, 0.3) is 10.0 Å². The molecule has 17 heavy (non-hydrogen) atoms. The van der Waals surface area contributed by atoms with Gasteiger partial charge in [-0.2, -0.15) is 0 Å². The molecule has 1 aliphatic heterocycles. The van der Waals surface area contributed by atoms with E-state index in [9.17, 15) is 8.42 Å². The summed E-state index contributed by atoms with van der Waals surface area (Å²) in [4.78, 5) is 0. The summed E-state index contributed by atoms with van der Waals surface area (Å²) in [6.07, 6.45) is 5.86. The van der Waals surface area contributed by atoms with E-state index in [1.165, 1.54) is 30.4 Å². The quantitative estimate of drug-likeness (QED) is 0.695. The highest BCUT2D eigenvalue weighted by atomic mass is 32.2. The number of fused-ring (bicyclic) bond motifs is 2. The summed E-state index contributed by atoms with van der Waals surface area (Å²) in [6.45, 7) is 0. The molecule has 0 radical (unpaired) electrons. The van der Waals surface area contributed by atoms with Crippen LogP contribution >= 0.6 is 0 Å². The molecule has 0 bridgehead atoms. The molecule has 0 aromatic heterocycles. The highest BCUT2D eigenvalue weighted by molar-refractivity contribution is 7.92. The van der Waals surface area contributed by atoms with Gasteiger partial charge in [-0.05, 0) is 48.9 Å². The monoisotopic (exact) mass is 252 g/mol. The minimum Gasteiger partial charge on any atom is -0.368 e. The zero-order valence-electron chi connectivity index (χ0n) is 9.62. The second-order valence-corrected chi connectivity index (χ2v) is 6.49. The van der Waals surface area contributed by atoms with Gasteiger partial charge in [-0.25, -0.2) is 8.42 Å². The van der Waals surface area contributed by atoms with Crippen molar-refractivity contribution in [2.75, 3.05) is 15.9 Å². The number of sulfonamides is 1. The summed E-state index contributed by atoms with van der Waals surface area (Å²) in [5, 5.41) is 2.97. The van der Waals surface area contributed by atoms with E-state index in [1.54, 1.807) is 0 Å². The van der Waals surface area contributed by atoms with Crippen LogP contribution in [0.1, 0.15) is 30.4 Å². The third kappa shape index (κ3) is 2.11. The molecule has 0 fully saturated rings. The average molecular weight is 252 g/mol. The van der Waals surface area contributed by atoms with Crippen molar-refractivity contribution in [3.8, 4) is 0 Å². The fourth-order valence-electron chi connectivity index (χ4n) is 2.57. The Morgan fingerprint density at radius 2 is 1.59 bits per heavy atom. The van der Waals surface area contributed by atoms with Crippen molar-refractivity contribution < 1.29 is 8.42 Å². The first-order chi connectivity index (χ1) is 8.14. The van der Waals surface area contributed by atoms with Crippen molar-refractivity contribution in [3.05, 3.63) is 23.3 Å². The smallest absolute Gasteiger partial charge is 0.250 e. The van der Waals surface area contributed by atoms with E-state index in [-0.39, 0.29) is 5.88 Å². The Kier molecular flexibility index (Phi) is 2.50. The SMILES string of the molecule is O=S1(=O)CNc2cc3c(cc2N1)CCCCC3. The predicted molar refractivity (Wildman–Crippen MR) is 68.7 cm³/mol. The molecule has 0 spiro atoms. The van der Waals surface area contributed by atoms with Crippen LogP contribution in [-0.2, 0) is 22.9 Å². The Balaban J connectivity index is 2.05. The van der Waals surface area contributed by atoms with Crippen molar-refractivity contribution in [1.82, 2.24) is 0 Å². The van der Waals surface area contributed by atoms with E-state index >= 15 is 0 Å². The lowest BCUT2D eigenvalue weighted by Gasteiger charge is -2.22. The van der Waals surface area contributed by atoms with Crippen LogP contribution < -0.4 is 10.0 Å². The highest BCUT2D eigenvalue weighted by Gasteiger charge is 2.21.